The van der Waals surface area contributed by atoms with E-state index in [0.29, 0.717) is 0 Å². The van der Waals surface area contributed by atoms with Crippen LogP contribution in [0.25, 0.3) is 0 Å². The highest BCUT2D eigenvalue weighted by atomic mass is 127. The molecule has 0 aliphatic heterocycles. The SMILES string of the molecule is CCCCCCCCC[P+](CCCCC)(CCCCC)CCCCC.[I-]. The highest BCUT2D eigenvalue weighted by Crippen LogP contribution is 2.61. The van der Waals surface area contributed by atoms with E-state index in [2.05, 4.69) is 27.7 Å². The Morgan fingerprint density at radius 1 is 0.346 bits per heavy atom. The molecule has 0 amide bonds. The molecule has 0 radical (unpaired) electrons. The number of rotatable bonds is 20. The molecule has 2 heteroatoms. The topological polar surface area (TPSA) is 0 Å². The summed E-state index contributed by atoms with van der Waals surface area (Å²) in [5.74, 6) is 0. The van der Waals surface area contributed by atoms with Gasteiger partial charge in [0.1, 0.15) is 0 Å². The summed E-state index contributed by atoms with van der Waals surface area (Å²) in [7, 11) is -0.647. The summed E-state index contributed by atoms with van der Waals surface area (Å²) < 4.78 is 0. The van der Waals surface area contributed by atoms with Gasteiger partial charge in [-0.2, -0.15) is 0 Å². The Morgan fingerprint density at radius 3 is 0.923 bits per heavy atom. The fraction of sp³-hybridized carbons (Fsp3) is 1.00. The molecule has 160 valence electrons. The van der Waals surface area contributed by atoms with Crippen LogP contribution in [0.2, 0.25) is 0 Å². The molecule has 0 N–H and O–H groups in total. The first-order valence-electron chi connectivity index (χ1n) is 12.1. The van der Waals surface area contributed by atoms with E-state index in [1.54, 1.807) is 31.1 Å². The van der Waals surface area contributed by atoms with Gasteiger partial charge in [0.2, 0.25) is 0 Å². The van der Waals surface area contributed by atoms with Gasteiger partial charge in [-0.25, -0.2) is 0 Å². The Bertz CT molecular complexity index is 228. The Labute approximate surface area is 185 Å². The summed E-state index contributed by atoms with van der Waals surface area (Å²) in [4.78, 5) is 0. The zero-order chi connectivity index (χ0) is 18.6. The zero-order valence-corrected chi connectivity index (χ0v) is 22.0. The quantitative estimate of drug-likeness (QED) is 0.105. The van der Waals surface area contributed by atoms with Crippen molar-refractivity contribution in [1.29, 1.82) is 0 Å². The van der Waals surface area contributed by atoms with Crippen LogP contribution in [0, 0.1) is 0 Å². The molecule has 0 aromatic heterocycles. The van der Waals surface area contributed by atoms with E-state index in [9.17, 15) is 0 Å². The molecule has 0 aromatic carbocycles. The van der Waals surface area contributed by atoms with Gasteiger partial charge < -0.3 is 24.0 Å². The van der Waals surface area contributed by atoms with Crippen LogP contribution >= 0.6 is 7.26 Å². The number of hydrogen-bond acceptors (Lipinski definition) is 0. The van der Waals surface area contributed by atoms with Gasteiger partial charge >= 0.3 is 0 Å². The fourth-order valence-corrected chi connectivity index (χ4v) is 9.09. The molecule has 0 spiro atoms. The molecule has 0 unspecified atom stereocenters. The first-order chi connectivity index (χ1) is 12.2. The van der Waals surface area contributed by atoms with E-state index >= 15 is 0 Å². The lowest BCUT2D eigenvalue weighted by atomic mass is 10.1. The maximum Gasteiger partial charge on any atom is 0.0594 e. The minimum atomic E-state index is -0.647. The molecule has 0 heterocycles. The molecule has 0 saturated carbocycles. The average Bonchev–Trinajstić information content (AvgIpc) is 2.61. The van der Waals surface area contributed by atoms with Gasteiger partial charge in [0.05, 0.1) is 24.6 Å². The largest absolute Gasteiger partial charge is 1.00 e. The van der Waals surface area contributed by atoms with Crippen LogP contribution in [-0.4, -0.2) is 24.6 Å². The van der Waals surface area contributed by atoms with Crippen molar-refractivity contribution < 1.29 is 24.0 Å². The molecule has 0 aliphatic carbocycles. The maximum absolute atomic E-state index is 2.37. The average molecular weight is 499 g/mol. The van der Waals surface area contributed by atoms with Gasteiger partial charge in [0.15, 0.2) is 0 Å². The van der Waals surface area contributed by atoms with Crippen LogP contribution in [0.1, 0.15) is 130 Å². The molecule has 0 fully saturated rings. The van der Waals surface area contributed by atoms with Crippen molar-refractivity contribution in [1.82, 2.24) is 0 Å². The van der Waals surface area contributed by atoms with Gasteiger partial charge in [-0.05, 0) is 32.1 Å². The first kappa shape index (κ1) is 29.4. The summed E-state index contributed by atoms with van der Waals surface area (Å²) in [5, 5.41) is 0. The number of halogens is 1. The third kappa shape index (κ3) is 17.3. The van der Waals surface area contributed by atoms with Crippen molar-refractivity contribution in [3.8, 4) is 0 Å². The Balaban J connectivity index is 0. The second kappa shape index (κ2) is 22.4. The van der Waals surface area contributed by atoms with Crippen molar-refractivity contribution >= 4 is 7.26 Å². The second-order valence-corrected chi connectivity index (χ2v) is 13.0. The molecular formula is C24H52IP. The molecule has 0 bridgehead atoms. The smallest absolute Gasteiger partial charge is 0.0594 e. The van der Waals surface area contributed by atoms with E-state index in [0.717, 1.165) is 0 Å². The predicted molar refractivity (Wildman–Crippen MR) is 123 cm³/mol. The molecule has 0 aliphatic rings. The van der Waals surface area contributed by atoms with Crippen LogP contribution in [0.3, 0.4) is 0 Å². The lowest BCUT2D eigenvalue weighted by molar-refractivity contribution is -0.00000580. The Hall–Kier alpha value is 1.16. The molecule has 0 aromatic rings. The van der Waals surface area contributed by atoms with E-state index in [1.807, 2.05) is 0 Å². The van der Waals surface area contributed by atoms with Crippen molar-refractivity contribution in [2.45, 2.75) is 130 Å². The Kier molecular flexibility index (Phi) is 25.4. The summed E-state index contributed by atoms with van der Waals surface area (Å²) >= 11 is 0. The van der Waals surface area contributed by atoms with Gasteiger partial charge in [0, 0.05) is 7.26 Å². The predicted octanol–water partition coefficient (Wildman–Crippen LogP) is 6.33. The van der Waals surface area contributed by atoms with Crippen LogP contribution in [0.15, 0.2) is 0 Å². The Morgan fingerprint density at radius 2 is 0.577 bits per heavy atom. The molecular weight excluding hydrogens is 446 g/mol. The van der Waals surface area contributed by atoms with Crippen LogP contribution in [-0.2, 0) is 0 Å². The fourth-order valence-electron chi connectivity index (χ4n) is 4.17. The minimum absolute atomic E-state index is 0. The molecule has 0 nitrogen and oxygen atoms in total. The minimum Gasteiger partial charge on any atom is -1.00 e. The van der Waals surface area contributed by atoms with Crippen LogP contribution in [0.4, 0.5) is 0 Å². The third-order valence-corrected chi connectivity index (χ3v) is 11.0. The summed E-state index contributed by atoms with van der Waals surface area (Å²) in [6.45, 7) is 9.42. The molecule has 0 rings (SSSR count). The lowest BCUT2D eigenvalue weighted by Gasteiger charge is -2.28. The van der Waals surface area contributed by atoms with E-state index in [4.69, 9.17) is 0 Å². The van der Waals surface area contributed by atoms with Gasteiger partial charge in [-0.15, -0.1) is 0 Å². The molecule has 0 atom stereocenters. The van der Waals surface area contributed by atoms with E-state index < -0.39 is 7.26 Å². The summed E-state index contributed by atoms with van der Waals surface area (Å²) in [6, 6.07) is 0. The first-order valence-corrected chi connectivity index (χ1v) is 14.6. The molecule has 0 saturated heterocycles. The van der Waals surface area contributed by atoms with E-state index in [-0.39, 0.29) is 24.0 Å². The van der Waals surface area contributed by atoms with Crippen molar-refractivity contribution in [2.24, 2.45) is 0 Å². The highest BCUT2D eigenvalue weighted by molar-refractivity contribution is 7.75. The zero-order valence-electron chi connectivity index (χ0n) is 19.0. The van der Waals surface area contributed by atoms with Gasteiger partial charge in [-0.1, -0.05) is 98.3 Å². The lowest BCUT2D eigenvalue weighted by Crippen LogP contribution is -3.00. The summed E-state index contributed by atoms with van der Waals surface area (Å²) in [6.07, 6.45) is 30.0. The number of hydrogen-bond donors (Lipinski definition) is 0. The van der Waals surface area contributed by atoms with Crippen molar-refractivity contribution in [3.05, 3.63) is 0 Å². The third-order valence-electron chi connectivity index (χ3n) is 5.94. The van der Waals surface area contributed by atoms with Gasteiger partial charge in [-0.3, -0.25) is 0 Å². The molecule has 26 heavy (non-hydrogen) atoms. The maximum atomic E-state index is 2.37. The summed E-state index contributed by atoms with van der Waals surface area (Å²) in [5.41, 5.74) is 0. The normalized spacial score (nSPS) is 11.5. The number of unbranched alkanes of at least 4 members (excludes halogenated alkanes) is 12. The van der Waals surface area contributed by atoms with Crippen molar-refractivity contribution in [3.63, 3.8) is 0 Å². The van der Waals surface area contributed by atoms with Crippen LogP contribution in [0.5, 0.6) is 0 Å². The highest BCUT2D eigenvalue weighted by Gasteiger charge is 2.34. The standard InChI is InChI=1S/C24H52P.HI/c1-5-9-13-14-15-16-20-24-25(21-17-10-6-2,22-18-11-7-3)23-19-12-8-4;/h5-24H2,1-4H3;1H/q+1;/p-1. The second-order valence-electron chi connectivity index (χ2n) is 8.48. The van der Waals surface area contributed by atoms with Crippen LogP contribution < -0.4 is 24.0 Å². The van der Waals surface area contributed by atoms with Gasteiger partial charge in [0.25, 0.3) is 0 Å². The monoisotopic (exact) mass is 498 g/mol. The van der Waals surface area contributed by atoms with E-state index in [1.165, 1.54) is 96.3 Å². The van der Waals surface area contributed by atoms with Crippen molar-refractivity contribution in [2.75, 3.05) is 24.6 Å².